The first-order valence-electron chi connectivity index (χ1n) is 11.6. The molecule has 0 spiro atoms. The molecule has 184 valence electrons. The molecule has 0 aromatic heterocycles. The molecule has 2 aliphatic heterocycles. The van der Waals surface area contributed by atoms with Gasteiger partial charge in [-0.2, -0.15) is 0 Å². The molecule has 0 aliphatic carbocycles. The van der Waals surface area contributed by atoms with E-state index in [1.807, 2.05) is 30.3 Å². The number of rotatable bonds is 7. The normalized spacial score (nSPS) is 21.7. The highest BCUT2D eigenvalue weighted by Gasteiger charge is 2.34. The van der Waals surface area contributed by atoms with E-state index in [1.54, 1.807) is 24.1 Å². The molecular formula is C25H33N3O5S. The zero-order chi connectivity index (χ0) is 24.5. The van der Waals surface area contributed by atoms with Crippen molar-refractivity contribution in [2.75, 3.05) is 40.8 Å². The molecule has 1 saturated heterocycles. The minimum atomic E-state index is -3.53. The SMILES string of the molecule is CN(C(=O)C1CCc2cc(S(=O)(=O)N(C)C)ccc2O1)C(CN1CCC(O)C1)c1ccccc1. The minimum Gasteiger partial charge on any atom is -0.480 e. The molecule has 8 nitrogen and oxygen atoms in total. The third kappa shape index (κ3) is 5.12. The van der Waals surface area contributed by atoms with Crippen LogP contribution in [0.4, 0.5) is 0 Å². The number of hydrogen-bond donors (Lipinski definition) is 1. The van der Waals surface area contributed by atoms with Gasteiger partial charge in [-0.05, 0) is 48.6 Å². The molecule has 0 bridgehead atoms. The van der Waals surface area contributed by atoms with Gasteiger partial charge in [-0.1, -0.05) is 30.3 Å². The fraction of sp³-hybridized carbons (Fsp3) is 0.480. The molecule has 1 N–H and O–H groups in total. The number of β-amino-alcohol motifs (C(OH)–C–C–N with tert-alkyl or cyclic N) is 1. The Morgan fingerprint density at radius 3 is 2.53 bits per heavy atom. The predicted octanol–water partition coefficient (Wildman–Crippen LogP) is 1.90. The topological polar surface area (TPSA) is 90.4 Å². The molecule has 1 amide bonds. The van der Waals surface area contributed by atoms with Gasteiger partial charge in [0.05, 0.1) is 17.0 Å². The average molecular weight is 488 g/mol. The zero-order valence-electron chi connectivity index (χ0n) is 19.9. The number of aryl methyl sites for hydroxylation is 1. The lowest BCUT2D eigenvalue weighted by molar-refractivity contribution is -0.140. The van der Waals surface area contributed by atoms with E-state index in [4.69, 9.17) is 4.74 Å². The number of ether oxygens (including phenoxy) is 1. The zero-order valence-corrected chi connectivity index (χ0v) is 20.7. The highest BCUT2D eigenvalue weighted by molar-refractivity contribution is 7.89. The number of carbonyl (C=O) groups excluding carboxylic acids is 1. The molecule has 2 heterocycles. The van der Waals surface area contributed by atoms with Gasteiger partial charge in [0.25, 0.3) is 5.91 Å². The van der Waals surface area contributed by atoms with Gasteiger partial charge in [-0.3, -0.25) is 9.69 Å². The van der Waals surface area contributed by atoms with Gasteiger partial charge in [0.2, 0.25) is 10.0 Å². The first-order valence-corrected chi connectivity index (χ1v) is 13.0. The van der Waals surface area contributed by atoms with E-state index in [0.717, 1.165) is 24.1 Å². The second-order valence-electron chi connectivity index (χ2n) is 9.28. The number of hydrogen-bond acceptors (Lipinski definition) is 6. The smallest absolute Gasteiger partial charge is 0.263 e. The van der Waals surface area contributed by atoms with Crippen LogP contribution in [0.15, 0.2) is 53.4 Å². The van der Waals surface area contributed by atoms with Crippen molar-refractivity contribution in [3.63, 3.8) is 0 Å². The maximum Gasteiger partial charge on any atom is 0.263 e. The summed E-state index contributed by atoms with van der Waals surface area (Å²) in [5.74, 6) is 0.443. The lowest BCUT2D eigenvalue weighted by Gasteiger charge is -2.35. The van der Waals surface area contributed by atoms with Crippen LogP contribution in [0.1, 0.15) is 30.0 Å². The number of carbonyl (C=O) groups is 1. The van der Waals surface area contributed by atoms with Crippen molar-refractivity contribution >= 4 is 15.9 Å². The Kier molecular flexibility index (Phi) is 7.28. The van der Waals surface area contributed by atoms with Gasteiger partial charge >= 0.3 is 0 Å². The van der Waals surface area contributed by atoms with E-state index >= 15 is 0 Å². The van der Waals surface area contributed by atoms with Crippen LogP contribution in [0, 0.1) is 0 Å². The molecule has 3 unspecified atom stereocenters. The number of amides is 1. The lowest BCUT2D eigenvalue weighted by Crippen LogP contribution is -2.46. The summed E-state index contributed by atoms with van der Waals surface area (Å²) in [6.45, 7) is 2.05. The van der Waals surface area contributed by atoms with Gasteiger partial charge in [-0.15, -0.1) is 0 Å². The van der Waals surface area contributed by atoms with Crippen molar-refractivity contribution in [2.24, 2.45) is 0 Å². The average Bonchev–Trinajstić information content (AvgIpc) is 3.26. The number of sulfonamides is 1. The van der Waals surface area contributed by atoms with Gasteiger partial charge in [0, 0.05) is 40.8 Å². The van der Waals surface area contributed by atoms with Crippen LogP contribution in [-0.4, -0.2) is 86.5 Å². The van der Waals surface area contributed by atoms with Crippen LogP contribution in [0.2, 0.25) is 0 Å². The number of benzene rings is 2. The van der Waals surface area contributed by atoms with Crippen LogP contribution >= 0.6 is 0 Å². The van der Waals surface area contributed by atoms with Crippen LogP contribution in [0.3, 0.4) is 0 Å². The molecule has 2 aliphatic rings. The Morgan fingerprint density at radius 1 is 1.15 bits per heavy atom. The Hall–Kier alpha value is -2.46. The van der Waals surface area contributed by atoms with E-state index in [-0.39, 0.29) is 22.9 Å². The third-order valence-corrected chi connectivity index (χ3v) is 8.52. The first kappa shape index (κ1) is 24.7. The van der Waals surface area contributed by atoms with E-state index in [2.05, 4.69) is 4.90 Å². The monoisotopic (exact) mass is 487 g/mol. The van der Waals surface area contributed by atoms with Crippen LogP contribution < -0.4 is 4.74 Å². The van der Waals surface area contributed by atoms with E-state index in [0.29, 0.717) is 31.7 Å². The summed E-state index contributed by atoms with van der Waals surface area (Å²) in [7, 11) is 1.28. The lowest BCUT2D eigenvalue weighted by atomic mass is 10.00. The number of likely N-dealkylation sites (tertiary alicyclic amines) is 1. The molecule has 3 atom stereocenters. The summed E-state index contributed by atoms with van der Waals surface area (Å²) in [4.78, 5) is 17.7. The van der Waals surface area contributed by atoms with Crippen molar-refractivity contribution in [1.29, 1.82) is 0 Å². The molecule has 2 aromatic rings. The van der Waals surface area contributed by atoms with E-state index < -0.39 is 16.1 Å². The van der Waals surface area contributed by atoms with Gasteiger partial charge < -0.3 is 14.7 Å². The van der Waals surface area contributed by atoms with Gasteiger partial charge in [0.15, 0.2) is 6.10 Å². The molecule has 34 heavy (non-hydrogen) atoms. The first-order chi connectivity index (χ1) is 16.2. The summed E-state index contributed by atoms with van der Waals surface area (Å²) in [5, 5.41) is 9.95. The Labute approximate surface area is 201 Å². The van der Waals surface area contributed by atoms with Crippen molar-refractivity contribution in [3.8, 4) is 5.75 Å². The highest BCUT2D eigenvalue weighted by Crippen LogP contribution is 2.32. The molecule has 0 saturated carbocycles. The molecule has 2 aromatic carbocycles. The van der Waals surface area contributed by atoms with Crippen molar-refractivity contribution < 1.29 is 23.1 Å². The number of nitrogens with zero attached hydrogens (tertiary/aromatic N) is 3. The quantitative estimate of drug-likeness (QED) is 0.642. The molecular weight excluding hydrogens is 454 g/mol. The second-order valence-corrected chi connectivity index (χ2v) is 11.4. The van der Waals surface area contributed by atoms with E-state index in [1.165, 1.54) is 24.5 Å². The van der Waals surface area contributed by atoms with Crippen LogP contribution in [0.5, 0.6) is 5.75 Å². The van der Waals surface area contributed by atoms with Crippen molar-refractivity contribution in [3.05, 3.63) is 59.7 Å². The summed E-state index contributed by atoms with van der Waals surface area (Å²) in [6, 6.07) is 14.6. The predicted molar refractivity (Wildman–Crippen MR) is 129 cm³/mol. The Balaban J connectivity index is 1.51. The Morgan fingerprint density at radius 2 is 1.88 bits per heavy atom. The number of aliphatic hydroxyl groups excluding tert-OH is 1. The van der Waals surface area contributed by atoms with Crippen LogP contribution in [0.25, 0.3) is 0 Å². The fourth-order valence-corrected chi connectivity index (χ4v) is 5.59. The van der Waals surface area contributed by atoms with Crippen LogP contribution in [-0.2, 0) is 21.2 Å². The molecule has 0 radical (unpaired) electrons. The standard InChI is InChI=1S/C25H33N3O5S/c1-26(2)34(31,32)21-10-12-23-19(15-21)9-11-24(33-23)25(30)27(3)22(18-7-5-4-6-8-18)17-28-14-13-20(29)16-28/h4-8,10,12,15,20,22,24,29H,9,11,13-14,16-17H2,1-3H3. The van der Waals surface area contributed by atoms with Crippen molar-refractivity contribution in [1.82, 2.24) is 14.1 Å². The summed E-state index contributed by atoms with van der Waals surface area (Å²) < 4.78 is 32.2. The number of likely N-dealkylation sites (N-methyl/N-ethyl adjacent to an activating group) is 1. The summed E-state index contributed by atoms with van der Waals surface area (Å²) >= 11 is 0. The maximum absolute atomic E-state index is 13.5. The number of fused-ring (bicyclic) bond motifs is 1. The third-order valence-electron chi connectivity index (χ3n) is 6.71. The van der Waals surface area contributed by atoms with Gasteiger partial charge in [-0.25, -0.2) is 12.7 Å². The highest BCUT2D eigenvalue weighted by atomic mass is 32.2. The summed E-state index contributed by atoms with van der Waals surface area (Å²) in [6.07, 6.45) is 0.824. The summed E-state index contributed by atoms with van der Waals surface area (Å²) in [5.41, 5.74) is 1.83. The minimum absolute atomic E-state index is 0.107. The van der Waals surface area contributed by atoms with E-state index in [9.17, 15) is 18.3 Å². The molecule has 9 heteroatoms. The molecule has 1 fully saturated rings. The Bertz CT molecular complexity index is 1120. The fourth-order valence-electron chi connectivity index (χ4n) is 4.64. The second kappa shape index (κ2) is 10.0. The molecule has 4 rings (SSSR count). The van der Waals surface area contributed by atoms with Crippen molar-refractivity contribution in [2.45, 2.75) is 42.4 Å². The largest absolute Gasteiger partial charge is 0.480 e. The number of aliphatic hydroxyl groups is 1. The van der Waals surface area contributed by atoms with Gasteiger partial charge in [0.1, 0.15) is 5.75 Å². The maximum atomic E-state index is 13.5.